The summed E-state index contributed by atoms with van der Waals surface area (Å²) in [6, 6.07) is 6.76. The highest BCUT2D eigenvalue weighted by molar-refractivity contribution is 8.18. The summed E-state index contributed by atoms with van der Waals surface area (Å²) in [6.45, 7) is 5.69. The third kappa shape index (κ3) is 2.94. The van der Waals surface area contributed by atoms with Gasteiger partial charge in [-0.25, -0.2) is 0 Å². The number of amides is 2. The number of likely N-dealkylation sites (N-methyl/N-ethyl adjacent to an activating group) is 1. The minimum Gasteiger partial charge on any atom is -0.545 e. The van der Waals surface area contributed by atoms with Crippen LogP contribution in [0.15, 0.2) is 29.2 Å². The molecule has 0 radical (unpaired) electrons. The average molecular weight is 369 g/mol. The molecule has 0 N–H and O–H groups in total. The van der Waals surface area contributed by atoms with Crippen LogP contribution in [-0.2, 0) is 4.79 Å². The monoisotopic (exact) mass is 369 g/mol. The number of benzene rings is 1. The molecule has 6 nitrogen and oxygen atoms in total. The first-order valence-electron chi connectivity index (χ1n) is 7.93. The van der Waals surface area contributed by atoms with Crippen LogP contribution >= 0.6 is 11.8 Å². The summed E-state index contributed by atoms with van der Waals surface area (Å²) in [5.41, 5.74) is 4.46. The number of imide groups is 1. The number of thioether (sulfide) groups is 1. The van der Waals surface area contributed by atoms with Crippen LogP contribution in [0.3, 0.4) is 0 Å². The fourth-order valence-electron chi connectivity index (χ4n) is 3.02. The lowest BCUT2D eigenvalue weighted by molar-refractivity contribution is -0.255. The molecule has 1 aliphatic rings. The van der Waals surface area contributed by atoms with Gasteiger partial charge in [-0.05, 0) is 73.5 Å². The average Bonchev–Trinajstić information content (AvgIpc) is 2.98. The summed E-state index contributed by atoms with van der Waals surface area (Å²) in [5.74, 6) is -1.52. The number of rotatable bonds is 3. The van der Waals surface area contributed by atoms with Crippen LogP contribution in [0, 0.1) is 20.8 Å². The lowest BCUT2D eigenvalue weighted by atomic mass is 10.1. The number of carbonyl (C=O) groups excluding carboxylic acids is 3. The Balaban J connectivity index is 2.06. The first-order valence-corrected chi connectivity index (χ1v) is 8.75. The molecule has 2 aromatic rings. The molecule has 1 fully saturated rings. The minimum atomic E-state index is -1.21. The molecule has 2 amide bonds. The summed E-state index contributed by atoms with van der Waals surface area (Å²) in [4.78, 5) is 36.3. The van der Waals surface area contributed by atoms with Crippen molar-refractivity contribution in [1.82, 2.24) is 9.47 Å². The third-order valence-electron chi connectivity index (χ3n) is 4.42. The van der Waals surface area contributed by atoms with Gasteiger partial charge in [-0.1, -0.05) is 6.07 Å². The number of carboxylic acid groups (broad SMARTS) is 1. The maximum Gasteiger partial charge on any atom is 0.293 e. The van der Waals surface area contributed by atoms with Crippen molar-refractivity contribution in [2.75, 3.05) is 7.05 Å². The normalized spacial score (nSPS) is 16.0. The number of nitrogens with zero attached hydrogens (tertiary/aromatic N) is 2. The van der Waals surface area contributed by atoms with Crippen molar-refractivity contribution in [2.24, 2.45) is 0 Å². The molecule has 1 aliphatic heterocycles. The molecule has 26 heavy (non-hydrogen) atoms. The predicted molar refractivity (Wildman–Crippen MR) is 98.0 cm³/mol. The standard InChI is InChI=1S/C19H18N2O4S/c1-10-7-13(18(23)24)5-6-15(10)21-11(2)8-14(12(21)3)9-16-17(22)20(4)19(25)26-16/h5-9H,1-4H3,(H,23,24)/p-1/b16-9-. The van der Waals surface area contributed by atoms with Crippen molar-refractivity contribution in [3.05, 3.63) is 57.2 Å². The Kier molecular flexibility index (Phi) is 4.50. The molecule has 0 bridgehead atoms. The third-order valence-corrected chi connectivity index (χ3v) is 5.38. The number of aryl methyl sites for hydroxylation is 2. The minimum absolute atomic E-state index is 0.130. The van der Waals surface area contributed by atoms with Crippen molar-refractivity contribution in [2.45, 2.75) is 20.8 Å². The molecule has 2 heterocycles. The van der Waals surface area contributed by atoms with Crippen molar-refractivity contribution in [1.29, 1.82) is 0 Å². The van der Waals surface area contributed by atoms with Crippen molar-refractivity contribution in [3.63, 3.8) is 0 Å². The molecule has 134 valence electrons. The Morgan fingerprint density at radius 3 is 2.38 bits per heavy atom. The number of aromatic carboxylic acids is 1. The highest BCUT2D eigenvalue weighted by atomic mass is 32.2. The number of carboxylic acids is 1. The molecular weight excluding hydrogens is 352 g/mol. The number of hydrogen-bond donors (Lipinski definition) is 0. The topological polar surface area (TPSA) is 82.4 Å². The van der Waals surface area contributed by atoms with Crippen LogP contribution in [-0.4, -0.2) is 33.6 Å². The highest BCUT2D eigenvalue weighted by Crippen LogP contribution is 2.33. The van der Waals surface area contributed by atoms with E-state index in [4.69, 9.17) is 0 Å². The van der Waals surface area contributed by atoms with Gasteiger partial charge in [-0.2, -0.15) is 0 Å². The predicted octanol–water partition coefficient (Wildman–Crippen LogP) is 2.43. The van der Waals surface area contributed by atoms with Crippen LogP contribution in [0.1, 0.15) is 32.9 Å². The van der Waals surface area contributed by atoms with E-state index in [1.165, 1.54) is 13.1 Å². The fraction of sp³-hybridized carbons (Fsp3) is 0.211. The van der Waals surface area contributed by atoms with Crippen LogP contribution in [0.5, 0.6) is 0 Å². The summed E-state index contributed by atoms with van der Waals surface area (Å²) in [7, 11) is 1.46. The SMILES string of the molecule is Cc1cc(C(=O)[O-])ccc1-n1c(C)cc(/C=C2\SC(=O)N(C)C2=O)c1C. The van der Waals surface area contributed by atoms with Crippen molar-refractivity contribution < 1.29 is 19.5 Å². The fourth-order valence-corrected chi connectivity index (χ4v) is 3.84. The van der Waals surface area contributed by atoms with E-state index in [0.717, 1.165) is 44.9 Å². The van der Waals surface area contributed by atoms with Crippen LogP contribution in [0.2, 0.25) is 0 Å². The van der Waals surface area contributed by atoms with Gasteiger partial charge >= 0.3 is 0 Å². The van der Waals surface area contributed by atoms with Gasteiger partial charge in [0.05, 0.1) is 10.9 Å². The van der Waals surface area contributed by atoms with Gasteiger partial charge in [-0.15, -0.1) is 0 Å². The highest BCUT2D eigenvalue weighted by Gasteiger charge is 2.32. The van der Waals surface area contributed by atoms with E-state index >= 15 is 0 Å². The molecule has 0 saturated carbocycles. The van der Waals surface area contributed by atoms with Crippen LogP contribution in [0.25, 0.3) is 11.8 Å². The molecule has 1 saturated heterocycles. The van der Waals surface area contributed by atoms with E-state index in [0.29, 0.717) is 4.91 Å². The molecule has 0 unspecified atom stereocenters. The van der Waals surface area contributed by atoms with Crippen molar-refractivity contribution in [3.8, 4) is 5.69 Å². The molecule has 0 spiro atoms. The molecule has 0 atom stereocenters. The molecule has 0 aliphatic carbocycles. The summed E-state index contributed by atoms with van der Waals surface area (Å²) in [6.07, 6.45) is 1.72. The maximum atomic E-state index is 12.1. The van der Waals surface area contributed by atoms with Crippen LogP contribution < -0.4 is 5.11 Å². The lowest BCUT2D eigenvalue weighted by Gasteiger charge is -2.14. The van der Waals surface area contributed by atoms with E-state index < -0.39 is 5.97 Å². The second-order valence-electron chi connectivity index (χ2n) is 6.19. The Morgan fingerprint density at radius 2 is 1.85 bits per heavy atom. The van der Waals surface area contributed by atoms with E-state index in [-0.39, 0.29) is 16.7 Å². The second kappa shape index (κ2) is 6.49. The van der Waals surface area contributed by atoms with Crippen molar-refractivity contribution >= 4 is 35.0 Å². The second-order valence-corrected chi connectivity index (χ2v) is 7.18. The van der Waals surface area contributed by atoms with Gasteiger partial charge < -0.3 is 14.5 Å². The maximum absolute atomic E-state index is 12.1. The molecular formula is C19H17N2O4S-. The molecule has 1 aromatic heterocycles. The van der Waals surface area contributed by atoms with Gasteiger partial charge in [0.2, 0.25) is 0 Å². The molecule has 7 heteroatoms. The lowest BCUT2D eigenvalue weighted by Crippen LogP contribution is -2.22. The Labute approximate surface area is 155 Å². The summed E-state index contributed by atoms with van der Waals surface area (Å²) in [5, 5.41) is 10.7. The smallest absolute Gasteiger partial charge is 0.293 e. The Bertz CT molecular complexity index is 988. The van der Waals surface area contributed by atoms with Gasteiger partial charge in [0.1, 0.15) is 0 Å². The summed E-state index contributed by atoms with van der Waals surface area (Å²) < 4.78 is 2.00. The zero-order chi connectivity index (χ0) is 19.2. The van der Waals surface area contributed by atoms with Gasteiger partial charge in [-0.3, -0.25) is 14.5 Å². The Morgan fingerprint density at radius 1 is 1.15 bits per heavy atom. The van der Waals surface area contributed by atoms with Crippen LogP contribution in [0.4, 0.5) is 4.79 Å². The van der Waals surface area contributed by atoms with E-state index in [9.17, 15) is 19.5 Å². The first-order chi connectivity index (χ1) is 12.2. The van der Waals surface area contributed by atoms with E-state index in [1.54, 1.807) is 18.2 Å². The van der Waals surface area contributed by atoms with E-state index in [1.807, 2.05) is 31.4 Å². The number of aromatic nitrogens is 1. The largest absolute Gasteiger partial charge is 0.545 e. The number of carbonyl (C=O) groups is 3. The van der Waals surface area contributed by atoms with Gasteiger partial charge in [0.15, 0.2) is 0 Å². The molecule has 3 rings (SSSR count). The zero-order valence-corrected chi connectivity index (χ0v) is 15.6. The first kappa shape index (κ1) is 18.0. The quantitative estimate of drug-likeness (QED) is 0.776. The molecule has 1 aromatic carbocycles. The van der Waals surface area contributed by atoms with Gasteiger partial charge in [0, 0.05) is 24.1 Å². The zero-order valence-electron chi connectivity index (χ0n) is 14.8. The summed E-state index contributed by atoms with van der Waals surface area (Å²) >= 11 is 0.922. The van der Waals surface area contributed by atoms with E-state index in [2.05, 4.69) is 0 Å². The number of hydrogen-bond acceptors (Lipinski definition) is 5. The Hall–Kier alpha value is -2.80. The van der Waals surface area contributed by atoms with Gasteiger partial charge in [0.25, 0.3) is 11.1 Å².